The van der Waals surface area contributed by atoms with Gasteiger partial charge in [-0.2, -0.15) is 10.1 Å². The molecule has 1 N–H and O–H groups in total. The average Bonchev–Trinajstić information content (AvgIpc) is 3.04. The number of nitrogens with one attached hydrogen (secondary N) is 1. The van der Waals surface area contributed by atoms with Gasteiger partial charge in [-0.1, -0.05) is 25.9 Å². The zero-order chi connectivity index (χ0) is 17.4. The van der Waals surface area contributed by atoms with Crippen LogP contribution in [0.4, 0.5) is 8.78 Å². The van der Waals surface area contributed by atoms with Gasteiger partial charge in [-0.3, -0.25) is 9.48 Å². The van der Waals surface area contributed by atoms with Crippen LogP contribution in [0.25, 0.3) is 0 Å². The Kier molecular flexibility index (Phi) is 4.49. The summed E-state index contributed by atoms with van der Waals surface area (Å²) >= 11 is 0. The SMILES string of the molecule is CC(NC(=O)c1cc(C(F)F)n(C)n1)c1nc(C(C)(C)C)no1. The molecule has 0 aliphatic heterocycles. The zero-order valence-electron chi connectivity index (χ0n) is 13.6. The zero-order valence-corrected chi connectivity index (χ0v) is 13.6. The minimum Gasteiger partial charge on any atom is -0.339 e. The van der Waals surface area contributed by atoms with Gasteiger partial charge in [0, 0.05) is 12.5 Å². The minimum atomic E-state index is -2.70. The number of hydrogen-bond donors (Lipinski definition) is 1. The molecule has 126 valence electrons. The number of halogens is 2. The summed E-state index contributed by atoms with van der Waals surface area (Å²) < 4.78 is 31.6. The van der Waals surface area contributed by atoms with E-state index in [2.05, 4.69) is 20.6 Å². The number of aromatic nitrogens is 4. The summed E-state index contributed by atoms with van der Waals surface area (Å²) in [7, 11) is 1.36. The maximum atomic E-state index is 12.7. The largest absolute Gasteiger partial charge is 0.339 e. The van der Waals surface area contributed by atoms with Crippen LogP contribution >= 0.6 is 0 Å². The van der Waals surface area contributed by atoms with E-state index in [-0.39, 0.29) is 22.7 Å². The highest BCUT2D eigenvalue weighted by Gasteiger charge is 2.25. The molecular weight excluding hydrogens is 308 g/mol. The fourth-order valence-electron chi connectivity index (χ4n) is 1.84. The van der Waals surface area contributed by atoms with Crippen molar-refractivity contribution < 1.29 is 18.1 Å². The van der Waals surface area contributed by atoms with Gasteiger partial charge in [-0.05, 0) is 13.0 Å². The molecule has 0 bridgehead atoms. The Balaban J connectivity index is 2.10. The fraction of sp³-hybridized carbons (Fsp3) is 0.571. The fourth-order valence-corrected chi connectivity index (χ4v) is 1.84. The third-order valence-corrected chi connectivity index (χ3v) is 3.20. The Morgan fingerprint density at radius 3 is 2.52 bits per heavy atom. The van der Waals surface area contributed by atoms with E-state index in [1.165, 1.54) is 7.05 Å². The van der Waals surface area contributed by atoms with Crippen LogP contribution in [0.15, 0.2) is 10.6 Å². The van der Waals surface area contributed by atoms with Gasteiger partial charge in [-0.15, -0.1) is 0 Å². The van der Waals surface area contributed by atoms with Crippen molar-refractivity contribution in [3.05, 3.63) is 29.2 Å². The van der Waals surface area contributed by atoms with Gasteiger partial charge < -0.3 is 9.84 Å². The van der Waals surface area contributed by atoms with Crippen LogP contribution in [-0.4, -0.2) is 25.8 Å². The number of carbonyl (C=O) groups excluding carboxylic acids is 1. The van der Waals surface area contributed by atoms with E-state index in [1.54, 1.807) is 6.92 Å². The van der Waals surface area contributed by atoms with E-state index in [9.17, 15) is 13.6 Å². The topological polar surface area (TPSA) is 85.8 Å². The van der Waals surface area contributed by atoms with Gasteiger partial charge in [0.25, 0.3) is 12.3 Å². The van der Waals surface area contributed by atoms with Crippen molar-refractivity contribution in [2.75, 3.05) is 0 Å². The highest BCUT2D eigenvalue weighted by atomic mass is 19.3. The van der Waals surface area contributed by atoms with Gasteiger partial charge >= 0.3 is 0 Å². The van der Waals surface area contributed by atoms with E-state index in [1.807, 2.05) is 20.8 Å². The number of nitrogens with zero attached hydrogens (tertiary/aromatic N) is 4. The van der Waals surface area contributed by atoms with E-state index in [4.69, 9.17) is 4.52 Å². The molecule has 0 aromatic carbocycles. The summed E-state index contributed by atoms with van der Waals surface area (Å²) in [5.74, 6) is 0.176. The molecule has 1 unspecified atom stereocenters. The molecule has 7 nitrogen and oxygen atoms in total. The van der Waals surface area contributed by atoms with Crippen molar-refractivity contribution in [2.45, 2.75) is 45.6 Å². The molecule has 23 heavy (non-hydrogen) atoms. The average molecular weight is 327 g/mol. The second-order valence-electron chi connectivity index (χ2n) is 6.28. The van der Waals surface area contributed by atoms with Crippen molar-refractivity contribution in [3.63, 3.8) is 0 Å². The van der Waals surface area contributed by atoms with Crippen molar-refractivity contribution in [1.29, 1.82) is 0 Å². The van der Waals surface area contributed by atoms with Crippen molar-refractivity contribution in [1.82, 2.24) is 25.2 Å². The summed E-state index contributed by atoms with van der Waals surface area (Å²) in [5.41, 5.74) is -0.695. The van der Waals surface area contributed by atoms with Crippen LogP contribution in [0, 0.1) is 0 Å². The first-order chi connectivity index (χ1) is 10.6. The van der Waals surface area contributed by atoms with Crippen molar-refractivity contribution >= 4 is 5.91 Å². The summed E-state index contributed by atoms with van der Waals surface area (Å²) in [6, 6.07) is 0.490. The smallest absolute Gasteiger partial charge is 0.280 e. The van der Waals surface area contributed by atoms with Crippen LogP contribution in [-0.2, 0) is 12.5 Å². The second-order valence-corrected chi connectivity index (χ2v) is 6.28. The first-order valence-electron chi connectivity index (χ1n) is 7.06. The van der Waals surface area contributed by atoms with Crippen LogP contribution in [0.1, 0.15) is 68.1 Å². The van der Waals surface area contributed by atoms with Crippen LogP contribution in [0.3, 0.4) is 0 Å². The Morgan fingerprint density at radius 2 is 2.04 bits per heavy atom. The summed E-state index contributed by atoms with van der Waals surface area (Å²) in [4.78, 5) is 16.3. The lowest BCUT2D eigenvalue weighted by Gasteiger charge is -2.11. The predicted molar refractivity (Wildman–Crippen MR) is 77.0 cm³/mol. The normalized spacial score (nSPS) is 13.4. The molecule has 0 aliphatic rings. The van der Waals surface area contributed by atoms with Gasteiger partial charge in [0.2, 0.25) is 5.89 Å². The molecule has 0 aliphatic carbocycles. The van der Waals surface area contributed by atoms with Gasteiger partial charge in [0.1, 0.15) is 11.7 Å². The molecule has 2 aromatic rings. The lowest BCUT2D eigenvalue weighted by Crippen LogP contribution is -2.27. The molecular formula is C14H19F2N5O2. The van der Waals surface area contributed by atoms with Gasteiger partial charge in [0.05, 0.1) is 0 Å². The van der Waals surface area contributed by atoms with Crippen LogP contribution in [0.5, 0.6) is 0 Å². The van der Waals surface area contributed by atoms with Crippen LogP contribution in [0.2, 0.25) is 0 Å². The van der Waals surface area contributed by atoms with Crippen LogP contribution < -0.4 is 5.32 Å². The van der Waals surface area contributed by atoms with E-state index in [0.717, 1.165) is 10.7 Å². The second kappa shape index (κ2) is 6.05. The quantitative estimate of drug-likeness (QED) is 0.932. The maximum absolute atomic E-state index is 12.7. The molecule has 0 saturated heterocycles. The number of hydrogen-bond acceptors (Lipinski definition) is 5. The Bertz CT molecular complexity index is 702. The molecule has 1 amide bonds. The lowest BCUT2D eigenvalue weighted by molar-refractivity contribution is 0.0926. The van der Waals surface area contributed by atoms with Gasteiger partial charge in [0.15, 0.2) is 11.5 Å². The highest BCUT2D eigenvalue weighted by molar-refractivity contribution is 5.92. The third-order valence-electron chi connectivity index (χ3n) is 3.20. The molecule has 0 spiro atoms. The summed E-state index contributed by atoms with van der Waals surface area (Å²) in [6.45, 7) is 7.47. The number of amides is 1. The molecule has 0 radical (unpaired) electrons. The van der Waals surface area contributed by atoms with Crippen molar-refractivity contribution in [2.24, 2.45) is 7.05 Å². The van der Waals surface area contributed by atoms with E-state index in [0.29, 0.717) is 5.82 Å². The number of aryl methyl sites for hydroxylation is 1. The molecule has 2 aromatic heterocycles. The van der Waals surface area contributed by atoms with E-state index >= 15 is 0 Å². The first kappa shape index (κ1) is 17.0. The summed E-state index contributed by atoms with van der Waals surface area (Å²) in [5, 5.41) is 10.3. The Morgan fingerprint density at radius 1 is 1.39 bits per heavy atom. The van der Waals surface area contributed by atoms with E-state index < -0.39 is 18.4 Å². The molecule has 2 rings (SSSR count). The molecule has 2 heterocycles. The molecule has 1 atom stereocenters. The molecule has 0 saturated carbocycles. The number of carbonyl (C=O) groups is 1. The number of alkyl halides is 2. The Hall–Kier alpha value is -2.32. The standard InChI is InChI=1S/C14H19F2N5O2/c1-7(12-18-13(20-23-12)14(2,3)4)17-11(22)8-6-9(10(15)16)21(5)19-8/h6-7,10H,1-5H3,(H,17,22). The Labute approximate surface area is 132 Å². The maximum Gasteiger partial charge on any atom is 0.280 e. The number of rotatable bonds is 4. The first-order valence-corrected chi connectivity index (χ1v) is 7.06. The predicted octanol–water partition coefficient (Wildman–Crippen LogP) is 2.53. The van der Waals surface area contributed by atoms with Gasteiger partial charge in [-0.25, -0.2) is 8.78 Å². The highest BCUT2D eigenvalue weighted by Crippen LogP contribution is 2.22. The molecule has 0 fully saturated rings. The lowest BCUT2D eigenvalue weighted by atomic mass is 9.96. The monoisotopic (exact) mass is 327 g/mol. The summed E-state index contributed by atoms with van der Waals surface area (Å²) in [6.07, 6.45) is -2.70. The van der Waals surface area contributed by atoms with Crippen molar-refractivity contribution in [3.8, 4) is 0 Å². The molecule has 9 heteroatoms. The minimum absolute atomic E-state index is 0.0924. The third kappa shape index (κ3) is 3.72.